The first-order valence-electron chi connectivity index (χ1n) is 7.57. The molecule has 2 rings (SSSR count). The van der Waals surface area contributed by atoms with Gasteiger partial charge in [0.1, 0.15) is 0 Å². The molecule has 1 amide bonds. The fourth-order valence-corrected chi connectivity index (χ4v) is 3.15. The first-order valence-corrected chi connectivity index (χ1v) is 7.57. The highest BCUT2D eigenvalue weighted by Crippen LogP contribution is 2.34. The number of piperidine rings is 1. The van der Waals surface area contributed by atoms with Crippen LogP contribution in [0, 0.1) is 30.1 Å². The summed E-state index contributed by atoms with van der Waals surface area (Å²) in [6, 6.07) is 0.294. The Bertz CT molecular complexity index is 413. The van der Waals surface area contributed by atoms with E-state index in [1.54, 1.807) is 0 Å². The molecule has 3 unspecified atom stereocenters. The molecule has 2 heteroatoms. The number of rotatable bonds is 3. The monoisotopic (exact) mass is 259 g/mol. The second-order valence-electron chi connectivity index (χ2n) is 6.12. The number of nitrogens with zero attached hydrogens (tertiary/aromatic N) is 1. The zero-order chi connectivity index (χ0) is 14.0. The molecule has 104 valence electrons. The molecule has 2 aliphatic rings. The van der Waals surface area contributed by atoms with Crippen LogP contribution in [0.15, 0.2) is 11.6 Å². The van der Waals surface area contributed by atoms with Crippen LogP contribution in [0.25, 0.3) is 0 Å². The highest BCUT2D eigenvalue weighted by molar-refractivity contribution is 5.98. The zero-order valence-corrected chi connectivity index (χ0v) is 12.4. The van der Waals surface area contributed by atoms with Gasteiger partial charge in [0, 0.05) is 12.6 Å². The van der Waals surface area contributed by atoms with Crippen molar-refractivity contribution in [3.05, 3.63) is 11.6 Å². The average molecular weight is 259 g/mol. The summed E-state index contributed by atoms with van der Waals surface area (Å²) >= 11 is 0. The molecule has 0 bridgehead atoms. The summed E-state index contributed by atoms with van der Waals surface area (Å²) in [7, 11) is 0. The lowest BCUT2D eigenvalue weighted by Crippen LogP contribution is -2.49. The smallest absolute Gasteiger partial charge is 0.262 e. The molecule has 0 aromatic carbocycles. The van der Waals surface area contributed by atoms with Gasteiger partial charge in [0.15, 0.2) is 0 Å². The lowest BCUT2D eigenvalue weighted by atomic mass is 9.80. The summed E-state index contributed by atoms with van der Waals surface area (Å²) in [6.07, 6.45) is 12.2. The molecule has 1 aliphatic carbocycles. The van der Waals surface area contributed by atoms with Crippen molar-refractivity contribution in [2.75, 3.05) is 6.54 Å². The van der Waals surface area contributed by atoms with Gasteiger partial charge >= 0.3 is 0 Å². The van der Waals surface area contributed by atoms with Crippen LogP contribution in [0.4, 0.5) is 0 Å². The van der Waals surface area contributed by atoms with Crippen molar-refractivity contribution >= 4 is 5.91 Å². The molecule has 1 aliphatic heterocycles. The van der Waals surface area contributed by atoms with E-state index in [0.717, 1.165) is 18.9 Å². The molecule has 3 atom stereocenters. The van der Waals surface area contributed by atoms with E-state index in [0.29, 0.717) is 23.5 Å². The summed E-state index contributed by atoms with van der Waals surface area (Å²) < 4.78 is 0. The van der Waals surface area contributed by atoms with Crippen molar-refractivity contribution < 1.29 is 4.79 Å². The van der Waals surface area contributed by atoms with Crippen LogP contribution in [0.2, 0.25) is 0 Å². The number of hydrogen-bond acceptors (Lipinski definition) is 1. The van der Waals surface area contributed by atoms with Crippen molar-refractivity contribution in [3.63, 3.8) is 0 Å². The van der Waals surface area contributed by atoms with E-state index in [4.69, 9.17) is 6.42 Å². The predicted octanol–water partition coefficient (Wildman–Crippen LogP) is 3.24. The van der Waals surface area contributed by atoms with Crippen LogP contribution in [0.3, 0.4) is 0 Å². The Labute approximate surface area is 117 Å². The lowest BCUT2D eigenvalue weighted by Gasteiger charge is -2.42. The van der Waals surface area contributed by atoms with Crippen LogP contribution in [0.1, 0.15) is 46.5 Å². The van der Waals surface area contributed by atoms with E-state index < -0.39 is 0 Å². The average Bonchev–Trinajstić information content (AvgIpc) is 3.22. The van der Waals surface area contributed by atoms with Gasteiger partial charge in [-0.05, 0) is 43.9 Å². The number of terminal acetylenes is 1. The summed E-state index contributed by atoms with van der Waals surface area (Å²) in [5.41, 5.74) is 0.580. The largest absolute Gasteiger partial charge is 0.335 e. The third kappa shape index (κ3) is 3.03. The van der Waals surface area contributed by atoms with E-state index in [2.05, 4.69) is 26.7 Å². The van der Waals surface area contributed by atoms with Gasteiger partial charge in [-0.2, -0.15) is 0 Å². The first kappa shape index (κ1) is 14.2. The molecule has 0 aromatic heterocycles. The Balaban J connectivity index is 2.09. The third-order valence-corrected chi connectivity index (χ3v) is 4.93. The van der Waals surface area contributed by atoms with Gasteiger partial charge in [0.05, 0.1) is 5.57 Å². The van der Waals surface area contributed by atoms with E-state index in [9.17, 15) is 4.79 Å². The van der Waals surface area contributed by atoms with Crippen LogP contribution in [-0.4, -0.2) is 23.4 Å². The first-order chi connectivity index (χ1) is 9.08. The molecule has 2 fully saturated rings. The Kier molecular flexibility index (Phi) is 4.34. The standard InChI is InChI=1S/C17H25NO/c1-5-15-9-10-18(13(4)12(15)3)17(19)16(6-2)11-14-7-8-14/h2,11-15H,5,7-10H2,1,3-4H3/b16-11+. The number of hydrogen-bond donors (Lipinski definition) is 0. The molecule has 1 saturated carbocycles. The van der Waals surface area contributed by atoms with Crippen LogP contribution >= 0.6 is 0 Å². The number of carbonyl (C=O) groups excluding carboxylic acids is 1. The van der Waals surface area contributed by atoms with Crippen LogP contribution in [0.5, 0.6) is 0 Å². The molecule has 1 saturated heterocycles. The minimum atomic E-state index is 0.0725. The number of likely N-dealkylation sites (tertiary alicyclic amines) is 1. The Morgan fingerprint density at radius 3 is 2.58 bits per heavy atom. The minimum Gasteiger partial charge on any atom is -0.335 e. The number of carbonyl (C=O) groups is 1. The van der Waals surface area contributed by atoms with Gasteiger partial charge in [-0.15, -0.1) is 6.42 Å². The van der Waals surface area contributed by atoms with Gasteiger partial charge in [0.2, 0.25) is 0 Å². The molecule has 1 heterocycles. The second kappa shape index (κ2) is 5.82. The van der Waals surface area contributed by atoms with Crippen molar-refractivity contribution in [1.82, 2.24) is 4.90 Å². The molecule has 0 N–H and O–H groups in total. The van der Waals surface area contributed by atoms with Gasteiger partial charge in [-0.1, -0.05) is 32.3 Å². The quantitative estimate of drug-likeness (QED) is 0.563. The second-order valence-corrected chi connectivity index (χ2v) is 6.12. The number of allylic oxidation sites excluding steroid dienone is 1. The fraction of sp³-hybridized carbons (Fsp3) is 0.706. The maximum absolute atomic E-state index is 12.6. The summed E-state index contributed by atoms with van der Waals surface area (Å²) in [4.78, 5) is 14.5. The summed E-state index contributed by atoms with van der Waals surface area (Å²) in [6.45, 7) is 7.52. The van der Waals surface area contributed by atoms with E-state index in [1.807, 2.05) is 11.0 Å². The lowest BCUT2D eigenvalue weighted by molar-refractivity contribution is -0.132. The Hall–Kier alpha value is -1.23. The summed E-state index contributed by atoms with van der Waals surface area (Å²) in [5, 5.41) is 0. The van der Waals surface area contributed by atoms with Gasteiger partial charge < -0.3 is 4.90 Å². The van der Waals surface area contributed by atoms with E-state index >= 15 is 0 Å². The summed E-state index contributed by atoms with van der Waals surface area (Å²) in [5.74, 6) is 4.52. The molecule has 0 radical (unpaired) electrons. The van der Waals surface area contributed by atoms with Crippen molar-refractivity contribution in [1.29, 1.82) is 0 Å². The predicted molar refractivity (Wildman–Crippen MR) is 78.4 cm³/mol. The third-order valence-electron chi connectivity index (χ3n) is 4.93. The molecule has 0 spiro atoms. The van der Waals surface area contributed by atoms with E-state index in [-0.39, 0.29) is 5.91 Å². The van der Waals surface area contributed by atoms with Gasteiger partial charge in [0.25, 0.3) is 5.91 Å². The SMILES string of the molecule is C#C/C(=C\C1CC1)C(=O)N1CCC(CC)C(C)C1C. The highest BCUT2D eigenvalue weighted by atomic mass is 16.2. The molecular weight excluding hydrogens is 234 g/mol. The fourth-order valence-electron chi connectivity index (χ4n) is 3.15. The van der Waals surface area contributed by atoms with Crippen LogP contribution in [-0.2, 0) is 4.79 Å². The molecule has 19 heavy (non-hydrogen) atoms. The highest BCUT2D eigenvalue weighted by Gasteiger charge is 2.35. The van der Waals surface area contributed by atoms with Crippen molar-refractivity contribution in [2.45, 2.75) is 52.5 Å². The number of amides is 1. The molecule has 0 aromatic rings. The van der Waals surface area contributed by atoms with Gasteiger partial charge in [-0.3, -0.25) is 4.79 Å². The van der Waals surface area contributed by atoms with E-state index in [1.165, 1.54) is 19.3 Å². The maximum Gasteiger partial charge on any atom is 0.262 e. The van der Waals surface area contributed by atoms with Crippen molar-refractivity contribution in [2.24, 2.45) is 17.8 Å². The minimum absolute atomic E-state index is 0.0725. The van der Waals surface area contributed by atoms with Crippen molar-refractivity contribution in [3.8, 4) is 12.3 Å². The Morgan fingerprint density at radius 2 is 2.05 bits per heavy atom. The maximum atomic E-state index is 12.6. The topological polar surface area (TPSA) is 20.3 Å². The van der Waals surface area contributed by atoms with Crippen LogP contribution < -0.4 is 0 Å². The zero-order valence-electron chi connectivity index (χ0n) is 12.4. The van der Waals surface area contributed by atoms with Gasteiger partial charge in [-0.25, -0.2) is 0 Å². The Morgan fingerprint density at radius 1 is 1.37 bits per heavy atom. The molecular formula is C17H25NO. The molecule has 2 nitrogen and oxygen atoms in total. The normalized spacial score (nSPS) is 32.0.